The molecule has 0 spiro atoms. The number of likely N-dealkylation sites (N-methyl/N-ethyl adjacent to an activating group) is 1. The van der Waals surface area contributed by atoms with Gasteiger partial charge in [0.1, 0.15) is 0 Å². The molecule has 3 unspecified atom stereocenters. The van der Waals surface area contributed by atoms with Crippen LogP contribution in [-0.4, -0.2) is 73.8 Å². The Morgan fingerprint density at radius 1 is 1.11 bits per heavy atom. The lowest BCUT2D eigenvalue weighted by molar-refractivity contribution is 0.0992. The largest absolute Gasteiger partial charge is 0.373 e. The quantitative estimate of drug-likeness (QED) is 0.578. The standard InChI is InChI=1S/C22H35N5O/c1-3-23-22(25-20-14-19-8-9-21(20)28-19)24-15-17-4-6-18(7-5-17)16-27-12-10-26(2)11-13-27/h4-7,19-21H,3,8-16H2,1-2H3,(H2,23,24,25). The number of piperazine rings is 1. The minimum Gasteiger partial charge on any atom is -0.373 e. The van der Waals surface area contributed by atoms with Gasteiger partial charge in [0.25, 0.3) is 0 Å². The summed E-state index contributed by atoms with van der Waals surface area (Å²) < 4.78 is 5.96. The average molecular weight is 386 g/mol. The van der Waals surface area contributed by atoms with Crippen LogP contribution in [0.5, 0.6) is 0 Å². The zero-order chi connectivity index (χ0) is 19.3. The highest BCUT2D eigenvalue weighted by atomic mass is 16.5. The van der Waals surface area contributed by atoms with E-state index in [9.17, 15) is 0 Å². The van der Waals surface area contributed by atoms with E-state index in [2.05, 4.69) is 58.7 Å². The maximum Gasteiger partial charge on any atom is 0.191 e. The van der Waals surface area contributed by atoms with Gasteiger partial charge in [-0.15, -0.1) is 0 Å². The molecule has 0 aromatic heterocycles. The van der Waals surface area contributed by atoms with Gasteiger partial charge >= 0.3 is 0 Å². The third-order valence-corrected chi connectivity index (χ3v) is 6.22. The summed E-state index contributed by atoms with van der Waals surface area (Å²) in [5.41, 5.74) is 2.64. The van der Waals surface area contributed by atoms with Gasteiger partial charge in [-0.05, 0) is 44.4 Å². The molecule has 28 heavy (non-hydrogen) atoms. The van der Waals surface area contributed by atoms with Gasteiger partial charge in [-0.25, -0.2) is 4.99 Å². The summed E-state index contributed by atoms with van der Waals surface area (Å²) in [4.78, 5) is 9.75. The summed E-state index contributed by atoms with van der Waals surface area (Å²) in [6.07, 6.45) is 4.32. The zero-order valence-electron chi connectivity index (χ0n) is 17.4. The predicted molar refractivity (Wildman–Crippen MR) is 113 cm³/mol. The molecule has 3 saturated heterocycles. The number of fused-ring (bicyclic) bond motifs is 2. The van der Waals surface area contributed by atoms with Crippen molar-refractivity contribution in [3.8, 4) is 0 Å². The fraction of sp³-hybridized carbons (Fsp3) is 0.682. The minimum absolute atomic E-state index is 0.364. The first kappa shape index (κ1) is 19.7. The summed E-state index contributed by atoms with van der Waals surface area (Å²) in [5, 5.41) is 6.97. The van der Waals surface area contributed by atoms with Crippen LogP contribution in [0, 0.1) is 0 Å². The van der Waals surface area contributed by atoms with Gasteiger partial charge in [0, 0.05) is 39.3 Å². The molecule has 3 aliphatic rings. The molecule has 0 amide bonds. The molecule has 1 aromatic carbocycles. The van der Waals surface area contributed by atoms with Crippen LogP contribution in [0.4, 0.5) is 0 Å². The Kier molecular flexibility index (Phi) is 6.50. The van der Waals surface area contributed by atoms with Crippen molar-refractivity contribution in [3.05, 3.63) is 35.4 Å². The highest BCUT2D eigenvalue weighted by Gasteiger charge is 2.41. The summed E-state index contributed by atoms with van der Waals surface area (Å²) in [5.74, 6) is 0.908. The first-order valence-corrected chi connectivity index (χ1v) is 10.9. The highest BCUT2D eigenvalue weighted by Crippen LogP contribution is 2.34. The SMILES string of the molecule is CCNC(=NCc1ccc(CN2CCN(C)CC2)cc1)NC1CC2CCC1O2. The van der Waals surface area contributed by atoms with Gasteiger partial charge in [0.2, 0.25) is 0 Å². The van der Waals surface area contributed by atoms with E-state index >= 15 is 0 Å². The van der Waals surface area contributed by atoms with Crippen molar-refractivity contribution in [1.29, 1.82) is 0 Å². The number of hydrogen-bond acceptors (Lipinski definition) is 4. The number of aliphatic imine (C=N–C) groups is 1. The van der Waals surface area contributed by atoms with Crippen LogP contribution in [0.25, 0.3) is 0 Å². The van der Waals surface area contributed by atoms with Gasteiger partial charge in [0.05, 0.1) is 24.8 Å². The van der Waals surface area contributed by atoms with Crippen LogP contribution in [-0.2, 0) is 17.8 Å². The molecule has 6 heteroatoms. The van der Waals surface area contributed by atoms with E-state index in [1.807, 2.05) is 0 Å². The van der Waals surface area contributed by atoms with Crippen LogP contribution < -0.4 is 10.6 Å². The van der Waals surface area contributed by atoms with E-state index in [1.54, 1.807) is 0 Å². The molecule has 2 N–H and O–H groups in total. The Labute approximate surface area is 169 Å². The third-order valence-electron chi connectivity index (χ3n) is 6.22. The fourth-order valence-corrected chi connectivity index (χ4v) is 4.47. The van der Waals surface area contributed by atoms with E-state index in [0.29, 0.717) is 24.8 Å². The smallest absolute Gasteiger partial charge is 0.191 e. The van der Waals surface area contributed by atoms with Crippen molar-refractivity contribution in [2.24, 2.45) is 4.99 Å². The molecule has 6 nitrogen and oxygen atoms in total. The molecule has 0 aliphatic carbocycles. The van der Waals surface area contributed by atoms with Crippen LogP contribution >= 0.6 is 0 Å². The van der Waals surface area contributed by atoms with Crippen LogP contribution in [0.3, 0.4) is 0 Å². The molecule has 3 fully saturated rings. The Bertz CT molecular complexity index is 653. The lowest BCUT2D eigenvalue weighted by Crippen LogP contribution is -2.47. The minimum atomic E-state index is 0.364. The van der Waals surface area contributed by atoms with E-state index < -0.39 is 0 Å². The van der Waals surface area contributed by atoms with Crippen LogP contribution in [0.2, 0.25) is 0 Å². The third kappa shape index (κ3) is 5.04. The molecule has 4 rings (SSSR count). The summed E-state index contributed by atoms with van der Waals surface area (Å²) in [6, 6.07) is 9.36. The first-order valence-electron chi connectivity index (χ1n) is 10.9. The number of nitrogens with zero attached hydrogens (tertiary/aromatic N) is 3. The number of rotatable bonds is 6. The lowest BCUT2D eigenvalue weighted by Gasteiger charge is -2.32. The Morgan fingerprint density at radius 2 is 1.86 bits per heavy atom. The van der Waals surface area contributed by atoms with Gasteiger partial charge in [0.15, 0.2) is 5.96 Å². The summed E-state index contributed by atoms with van der Waals surface area (Å²) >= 11 is 0. The second kappa shape index (κ2) is 9.25. The molecule has 0 saturated carbocycles. The summed E-state index contributed by atoms with van der Waals surface area (Å²) in [6.45, 7) is 9.39. The molecule has 1 aromatic rings. The van der Waals surface area contributed by atoms with E-state index in [4.69, 9.17) is 9.73 Å². The number of nitrogens with one attached hydrogen (secondary N) is 2. The normalized spacial score (nSPS) is 28.6. The van der Waals surface area contributed by atoms with Crippen molar-refractivity contribution >= 4 is 5.96 Å². The second-order valence-electron chi connectivity index (χ2n) is 8.45. The maximum absolute atomic E-state index is 5.96. The fourth-order valence-electron chi connectivity index (χ4n) is 4.47. The number of benzene rings is 1. The lowest BCUT2D eigenvalue weighted by atomic mass is 9.96. The van der Waals surface area contributed by atoms with Gasteiger partial charge in [-0.1, -0.05) is 24.3 Å². The second-order valence-corrected chi connectivity index (χ2v) is 8.45. The Hall–Kier alpha value is -1.63. The number of guanidine groups is 1. The van der Waals surface area contributed by atoms with Crippen molar-refractivity contribution in [2.45, 2.75) is 57.5 Å². The predicted octanol–water partition coefficient (Wildman–Crippen LogP) is 1.81. The summed E-state index contributed by atoms with van der Waals surface area (Å²) in [7, 11) is 2.20. The molecular formula is C22H35N5O. The molecular weight excluding hydrogens is 350 g/mol. The van der Waals surface area contributed by atoms with E-state index in [1.165, 1.54) is 37.1 Å². The molecule has 154 valence electrons. The number of hydrogen-bond donors (Lipinski definition) is 2. The van der Waals surface area contributed by atoms with Gasteiger partial charge in [-0.2, -0.15) is 0 Å². The maximum atomic E-state index is 5.96. The topological polar surface area (TPSA) is 52.1 Å². The molecule has 3 heterocycles. The Morgan fingerprint density at radius 3 is 2.50 bits per heavy atom. The zero-order valence-corrected chi connectivity index (χ0v) is 17.4. The monoisotopic (exact) mass is 385 g/mol. The van der Waals surface area contributed by atoms with E-state index in [0.717, 1.165) is 38.6 Å². The number of ether oxygens (including phenoxy) is 1. The van der Waals surface area contributed by atoms with Crippen LogP contribution in [0.15, 0.2) is 29.3 Å². The average Bonchev–Trinajstić information content (AvgIpc) is 3.32. The van der Waals surface area contributed by atoms with Crippen molar-refractivity contribution in [2.75, 3.05) is 39.8 Å². The molecule has 3 atom stereocenters. The highest BCUT2D eigenvalue weighted by molar-refractivity contribution is 5.80. The first-order chi connectivity index (χ1) is 13.7. The van der Waals surface area contributed by atoms with Crippen LogP contribution in [0.1, 0.15) is 37.3 Å². The Balaban J connectivity index is 1.29. The molecule has 2 bridgehead atoms. The van der Waals surface area contributed by atoms with Gasteiger partial charge in [-0.3, -0.25) is 4.90 Å². The van der Waals surface area contributed by atoms with E-state index in [-0.39, 0.29) is 0 Å². The molecule has 0 radical (unpaired) electrons. The van der Waals surface area contributed by atoms with Crippen molar-refractivity contribution in [3.63, 3.8) is 0 Å². The van der Waals surface area contributed by atoms with Crippen molar-refractivity contribution in [1.82, 2.24) is 20.4 Å². The van der Waals surface area contributed by atoms with Crippen molar-refractivity contribution < 1.29 is 4.74 Å². The van der Waals surface area contributed by atoms with Gasteiger partial charge < -0.3 is 20.3 Å². The molecule has 3 aliphatic heterocycles.